The molecule has 4 nitrogen and oxygen atoms in total. The van der Waals surface area contributed by atoms with Gasteiger partial charge in [-0.25, -0.2) is 4.79 Å². The van der Waals surface area contributed by atoms with Crippen molar-refractivity contribution in [2.75, 3.05) is 5.32 Å². The summed E-state index contributed by atoms with van der Waals surface area (Å²) in [6.45, 7) is 9.12. The van der Waals surface area contributed by atoms with Gasteiger partial charge in [-0.3, -0.25) is 5.32 Å². The first-order valence-corrected chi connectivity index (χ1v) is 5.74. The lowest BCUT2D eigenvalue weighted by atomic mass is 10.0. The first kappa shape index (κ1) is 14.0. The number of ether oxygens (including phenoxy) is 1. The first-order valence-electron chi connectivity index (χ1n) is 5.74. The van der Waals surface area contributed by atoms with E-state index >= 15 is 0 Å². The molecule has 1 aromatic rings. The van der Waals surface area contributed by atoms with E-state index < -0.39 is 11.7 Å². The van der Waals surface area contributed by atoms with Gasteiger partial charge < -0.3 is 4.74 Å². The highest BCUT2D eigenvalue weighted by atomic mass is 16.6. The van der Waals surface area contributed by atoms with Gasteiger partial charge >= 0.3 is 6.09 Å². The van der Waals surface area contributed by atoms with Crippen LogP contribution < -0.4 is 5.32 Å². The minimum atomic E-state index is -0.560. The normalized spacial score (nSPS) is 10.7. The van der Waals surface area contributed by atoms with Crippen LogP contribution in [0.1, 0.15) is 37.5 Å². The fraction of sp³-hybridized carbons (Fsp3) is 0.429. The molecule has 0 spiro atoms. The van der Waals surface area contributed by atoms with Crippen molar-refractivity contribution in [2.45, 2.75) is 40.2 Å². The van der Waals surface area contributed by atoms with Gasteiger partial charge in [-0.15, -0.1) is 0 Å². The van der Waals surface area contributed by atoms with Crippen LogP contribution in [0.25, 0.3) is 0 Å². The number of hydrogen-bond acceptors (Lipinski definition) is 3. The summed E-state index contributed by atoms with van der Waals surface area (Å²) in [4.78, 5) is 11.7. The molecule has 1 rings (SSSR count). The van der Waals surface area contributed by atoms with Crippen molar-refractivity contribution in [1.29, 1.82) is 5.26 Å². The second-order valence-electron chi connectivity index (χ2n) is 5.24. The van der Waals surface area contributed by atoms with Crippen LogP contribution in [-0.2, 0) is 4.74 Å². The summed E-state index contributed by atoms with van der Waals surface area (Å²) in [6.07, 6.45) is -0.552. The molecule has 0 saturated carbocycles. The Bertz CT molecular complexity index is 508. The molecular weight excluding hydrogens is 228 g/mol. The number of aryl methyl sites for hydroxylation is 2. The Morgan fingerprint density at radius 2 is 1.94 bits per heavy atom. The molecule has 0 heterocycles. The Morgan fingerprint density at radius 3 is 2.44 bits per heavy atom. The van der Waals surface area contributed by atoms with Crippen LogP contribution in [-0.4, -0.2) is 11.7 Å². The fourth-order valence-electron chi connectivity index (χ4n) is 1.63. The first-order chi connectivity index (χ1) is 8.23. The molecule has 0 unspecified atom stereocenters. The van der Waals surface area contributed by atoms with Gasteiger partial charge in [0.1, 0.15) is 11.7 Å². The van der Waals surface area contributed by atoms with Crippen molar-refractivity contribution in [2.24, 2.45) is 0 Å². The molecule has 1 N–H and O–H groups in total. The smallest absolute Gasteiger partial charge is 0.412 e. The second-order valence-corrected chi connectivity index (χ2v) is 5.24. The number of anilines is 1. The molecule has 0 aliphatic carbocycles. The summed E-state index contributed by atoms with van der Waals surface area (Å²) in [5.74, 6) is 0. The van der Waals surface area contributed by atoms with E-state index in [0.29, 0.717) is 11.3 Å². The van der Waals surface area contributed by atoms with Crippen LogP contribution in [0.15, 0.2) is 12.1 Å². The van der Waals surface area contributed by atoms with Crippen molar-refractivity contribution >= 4 is 11.8 Å². The van der Waals surface area contributed by atoms with Gasteiger partial charge in [-0.2, -0.15) is 5.26 Å². The molecule has 1 amide bonds. The summed E-state index contributed by atoms with van der Waals surface area (Å²) >= 11 is 0. The van der Waals surface area contributed by atoms with Gasteiger partial charge in [0.05, 0.1) is 11.3 Å². The Labute approximate surface area is 108 Å². The topological polar surface area (TPSA) is 62.1 Å². The Kier molecular flexibility index (Phi) is 3.97. The number of hydrogen-bond donors (Lipinski definition) is 1. The molecule has 4 heteroatoms. The molecule has 0 bridgehead atoms. The molecule has 0 atom stereocenters. The summed E-state index contributed by atoms with van der Waals surface area (Å²) in [6, 6.07) is 5.75. The van der Waals surface area contributed by atoms with E-state index in [1.54, 1.807) is 26.8 Å². The monoisotopic (exact) mass is 246 g/mol. The maximum absolute atomic E-state index is 11.7. The largest absolute Gasteiger partial charge is 0.444 e. The molecule has 18 heavy (non-hydrogen) atoms. The van der Waals surface area contributed by atoms with Crippen LogP contribution >= 0.6 is 0 Å². The highest BCUT2D eigenvalue weighted by Crippen LogP contribution is 2.22. The predicted molar refractivity (Wildman–Crippen MR) is 70.5 cm³/mol. The van der Waals surface area contributed by atoms with Crippen molar-refractivity contribution in [3.05, 3.63) is 28.8 Å². The molecule has 0 aliphatic heterocycles. The molecule has 0 aliphatic rings. The SMILES string of the molecule is Cc1cc(C)c(C#N)c(NC(=O)OC(C)(C)C)c1. The number of carbonyl (C=O) groups is 1. The number of nitrogens with one attached hydrogen (secondary N) is 1. The second kappa shape index (κ2) is 5.09. The van der Waals surface area contributed by atoms with Crippen molar-refractivity contribution in [1.82, 2.24) is 0 Å². The fourth-order valence-corrected chi connectivity index (χ4v) is 1.63. The molecule has 0 fully saturated rings. The number of benzene rings is 1. The van der Waals surface area contributed by atoms with E-state index in [1.165, 1.54) is 0 Å². The number of carbonyl (C=O) groups excluding carboxylic acids is 1. The molecule has 0 radical (unpaired) electrons. The zero-order valence-electron chi connectivity index (χ0n) is 11.4. The number of amides is 1. The van der Waals surface area contributed by atoms with Crippen LogP contribution in [0, 0.1) is 25.2 Å². The van der Waals surface area contributed by atoms with Gasteiger partial charge in [0.2, 0.25) is 0 Å². The van der Waals surface area contributed by atoms with E-state index in [2.05, 4.69) is 11.4 Å². The lowest BCUT2D eigenvalue weighted by Crippen LogP contribution is -2.27. The van der Waals surface area contributed by atoms with E-state index in [1.807, 2.05) is 19.9 Å². The predicted octanol–water partition coefficient (Wildman–Crippen LogP) is 3.52. The molecule has 0 saturated heterocycles. The Balaban J connectivity index is 2.98. The van der Waals surface area contributed by atoms with Crippen LogP contribution in [0.4, 0.5) is 10.5 Å². The highest BCUT2D eigenvalue weighted by molar-refractivity contribution is 5.87. The average molecular weight is 246 g/mol. The third-order valence-corrected chi connectivity index (χ3v) is 2.23. The van der Waals surface area contributed by atoms with Gasteiger partial charge in [-0.1, -0.05) is 6.07 Å². The lowest BCUT2D eigenvalue weighted by molar-refractivity contribution is 0.0636. The van der Waals surface area contributed by atoms with Crippen LogP contribution in [0.3, 0.4) is 0 Å². The minimum Gasteiger partial charge on any atom is -0.444 e. The molecule has 0 aromatic heterocycles. The maximum Gasteiger partial charge on any atom is 0.412 e. The zero-order chi connectivity index (χ0) is 13.9. The summed E-state index contributed by atoms with van der Waals surface area (Å²) < 4.78 is 5.16. The van der Waals surface area contributed by atoms with E-state index in [0.717, 1.165) is 11.1 Å². The van der Waals surface area contributed by atoms with Gasteiger partial charge in [0.15, 0.2) is 0 Å². The van der Waals surface area contributed by atoms with E-state index in [-0.39, 0.29) is 0 Å². The number of nitrogens with zero attached hydrogens (tertiary/aromatic N) is 1. The summed E-state index contributed by atoms with van der Waals surface area (Å²) in [5.41, 5.74) is 2.22. The van der Waals surface area contributed by atoms with Gasteiger partial charge in [-0.05, 0) is 51.8 Å². The van der Waals surface area contributed by atoms with Crippen LogP contribution in [0.2, 0.25) is 0 Å². The lowest BCUT2D eigenvalue weighted by Gasteiger charge is -2.20. The van der Waals surface area contributed by atoms with E-state index in [4.69, 9.17) is 10.00 Å². The molecular formula is C14H18N2O2. The third kappa shape index (κ3) is 3.77. The van der Waals surface area contributed by atoms with E-state index in [9.17, 15) is 4.79 Å². The highest BCUT2D eigenvalue weighted by Gasteiger charge is 2.17. The van der Waals surface area contributed by atoms with Crippen molar-refractivity contribution in [3.8, 4) is 6.07 Å². The number of nitriles is 1. The zero-order valence-corrected chi connectivity index (χ0v) is 11.4. The molecule has 1 aromatic carbocycles. The quantitative estimate of drug-likeness (QED) is 0.824. The number of rotatable bonds is 1. The Morgan fingerprint density at radius 1 is 1.33 bits per heavy atom. The van der Waals surface area contributed by atoms with Crippen molar-refractivity contribution in [3.63, 3.8) is 0 Å². The summed E-state index contributed by atoms with van der Waals surface area (Å²) in [7, 11) is 0. The van der Waals surface area contributed by atoms with Crippen molar-refractivity contribution < 1.29 is 9.53 Å². The average Bonchev–Trinajstić information content (AvgIpc) is 2.13. The third-order valence-electron chi connectivity index (χ3n) is 2.23. The molecule has 96 valence electrons. The summed E-state index contributed by atoms with van der Waals surface area (Å²) in [5, 5.41) is 11.7. The Hall–Kier alpha value is -2.02. The van der Waals surface area contributed by atoms with Gasteiger partial charge in [0, 0.05) is 0 Å². The standard InChI is InChI=1S/C14H18N2O2/c1-9-6-10(2)11(8-15)12(7-9)16-13(17)18-14(3,4)5/h6-7H,1-5H3,(H,16,17). The minimum absolute atomic E-state index is 0.464. The maximum atomic E-state index is 11.7. The van der Waals surface area contributed by atoms with Crippen LogP contribution in [0.5, 0.6) is 0 Å². The van der Waals surface area contributed by atoms with Gasteiger partial charge in [0.25, 0.3) is 0 Å².